The van der Waals surface area contributed by atoms with Gasteiger partial charge in [0.2, 0.25) is 0 Å². The molecule has 0 spiro atoms. The molecule has 0 saturated carbocycles. The molecular weight excluding hydrogens is 200 g/mol. The lowest BCUT2D eigenvalue weighted by atomic mass is 10.0. The van der Waals surface area contributed by atoms with Crippen molar-refractivity contribution < 1.29 is 9.47 Å². The molecule has 16 heavy (non-hydrogen) atoms. The van der Waals surface area contributed by atoms with Crippen molar-refractivity contribution in [2.75, 3.05) is 6.61 Å². The van der Waals surface area contributed by atoms with E-state index in [4.69, 9.17) is 9.47 Å². The molecule has 2 unspecified atom stereocenters. The summed E-state index contributed by atoms with van der Waals surface area (Å²) in [5, 5.41) is 0. The monoisotopic (exact) mass is 220 g/mol. The Morgan fingerprint density at radius 1 is 1.31 bits per heavy atom. The zero-order chi connectivity index (χ0) is 11.2. The van der Waals surface area contributed by atoms with Gasteiger partial charge in [-0.05, 0) is 24.8 Å². The molecule has 1 fully saturated rings. The molecule has 0 aliphatic carbocycles. The zero-order valence-corrected chi connectivity index (χ0v) is 9.89. The summed E-state index contributed by atoms with van der Waals surface area (Å²) in [7, 11) is 0. The van der Waals surface area contributed by atoms with Crippen LogP contribution in [0.5, 0.6) is 0 Å². The molecule has 1 aromatic rings. The Bertz CT molecular complexity index is 297. The highest BCUT2D eigenvalue weighted by Crippen LogP contribution is 2.20. The SMILES string of the molecule is CCC1OCCCC1OCc1ccccc1. The smallest absolute Gasteiger partial charge is 0.0842 e. The average Bonchev–Trinajstić information content (AvgIpc) is 2.38. The van der Waals surface area contributed by atoms with E-state index in [-0.39, 0.29) is 12.2 Å². The van der Waals surface area contributed by atoms with Crippen molar-refractivity contribution in [2.45, 2.75) is 45.0 Å². The molecule has 0 bridgehead atoms. The Hall–Kier alpha value is -0.860. The van der Waals surface area contributed by atoms with Gasteiger partial charge in [0.05, 0.1) is 18.8 Å². The minimum absolute atomic E-state index is 0.277. The van der Waals surface area contributed by atoms with Crippen molar-refractivity contribution in [3.63, 3.8) is 0 Å². The van der Waals surface area contributed by atoms with Crippen LogP contribution in [0.15, 0.2) is 30.3 Å². The lowest BCUT2D eigenvalue weighted by molar-refractivity contribution is -0.111. The first-order chi connectivity index (χ1) is 7.90. The van der Waals surface area contributed by atoms with Gasteiger partial charge in [0.1, 0.15) is 0 Å². The van der Waals surface area contributed by atoms with Gasteiger partial charge in [-0.25, -0.2) is 0 Å². The summed E-state index contributed by atoms with van der Waals surface area (Å²) in [6.45, 7) is 3.75. The lowest BCUT2D eigenvalue weighted by Crippen LogP contribution is -2.35. The zero-order valence-electron chi connectivity index (χ0n) is 9.89. The van der Waals surface area contributed by atoms with Crippen molar-refractivity contribution >= 4 is 0 Å². The predicted molar refractivity (Wildman–Crippen MR) is 64.3 cm³/mol. The van der Waals surface area contributed by atoms with Crippen molar-refractivity contribution in [1.82, 2.24) is 0 Å². The van der Waals surface area contributed by atoms with Crippen LogP contribution in [-0.4, -0.2) is 18.8 Å². The van der Waals surface area contributed by atoms with Crippen LogP contribution in [0.3, 0.4) is 0 Å². The fourth-order valence-corrected chi connectivity index (χ4v) is 2.16. The minimum Gasteiger partial charge on any atom is -0.376 e. The van der Waals surface area contributed by atoms with Gasteiger partial charge in [-0.2, -0.15) is 0 Å². The van der Waals surface area contributed by atoms with Crippen molar-refractivity contribution in [3.05, 3.63) is 35.9 Å². The molecule has 2 heteroatoms. The number of hydrogen-bond donors (Lipinski definition) is 0. The third-order valence-electron chi connectivity index (χ3n) is 3.09. The molecule has 0 aromatic heterocycles. The summed E-state index contributed by atoms with van der Waals surface area (Å²) < 4.78 is 11.7. The maximum atomic E-state index is 5.95. The number of hydrogen-bond acceptors (Lipinski definition) is 2. The van der Waals surface area contributed by atoms with E-state index >= 15 is 0 Å². The van der Waals surface area contributed by atoms with Crippen molar-refractivity contribution in [3.8, 4) is 0 Å². The molecule has 1 heterocycles. The van der Waals surface area contributed by atoms with Gasteiger partial charge in [0.25, 0.3) is 0 Å². The standard InChI is InChI=1S/C14H20O2/c1-2-13-14(9-6-10-15-13)16-11-12-7-4-3-5-8-12/h3-5,7-8,13-14H,2,6,9-11H2,1H3. The Kier molecular flexibility index (Phi) is 4.37. The Morgan fingerprint density at radius 3 is 2.88 bits per heavy atom. The largest absolute Gasteiger partial charge is 0.376 e. The molecule has 0 radical (unpaired) electrons. The maximum absolute atomic E-state index is 5.95. The molecule has 88 valence electrons. The molecule has 1 aliphatic rings. The van der Waals surface area contributed by atoms with E-state index in [1.807, 2.05) is 18.2 Å². The minimum atomic E-state index is 0.277. The highest BCUT2D eigenvalue weighted by Gasteiger charge is 2.24. The fraction of sp³-hybridized carbons (Fsp3) is 0.571. The van der Waals surface area contributed by atoms with Crippen molar-refractivity contribution in [2.24, 2.45) is 0 Å². The van der Waals surface area contributed by atoms with E-state index in [0.29, 0.717) is 6.61 Å². The molecule has 2 atom stereocenters. The van der Waals surface area contributed by atoms with E-state index in [9.17, 15) is 0 Å². The van der Waals surface area contributed by atoms with E-state index < -0.39 is 0 Å². The van der Waals surface area contributed by atoms with Gasteiger partial charge in [0, 0.05) is 6.61 Å². The first-order valence-electron chi connectivity index (χ1n) is 6.17. The van der Waals surface area contributed by atoms with E-state index in [1.54, 1.807) is 0 Å². The third-order valence-corrected chi connectivity index (χ3v) is 3.09. The van der Waals surface area contributed by atoms with Crippen LogP contribution < -0.4 is 0 Å². The first-order valence-corrected chi connectivity index (χ1v) is 6.17. The van der Waals surface area contributed by atoms with E-state index in [0.717, 1.165) is 25.9 Å². The first kappa shape index (κ1) is 11.6. The highest BCUT2D eigenvalue weighted by molar-refractivity contribution is 5.13. The quantitative estimate of drug-likeness (QED) is 0.776. The Balaban J connectivity index is 1.84. The molecule has 1 aliphatic heterocycles. The second kappa shape index (κ2) is 6.02. The Labute approximate surface area is 97.6 Å². The van der Waals surface area contributed by atoms with E-state index in [2.05, 4.69) is 19.1 Å². The molecule has 1 aromatic carbocycles. The summed E-state index contributed by atoms with van der Waals surface area (Å²) in [5.41, 5.74) is 1.24. The average molecular weight is 220 g/mol. The summed E-state index contributed by atoms with van der Waals surface area (Å²) in [5.74, 6) is 0. The van der Waals surface area contributed by atoms with Crippen LogP contribution in [0.25, 0.3) is 0 Å². The molecule has 1 saturated heterocycles. The summed E-state index contributed by atoms with van der Waals surface area (Å²) >= 11 is 0. The summed E-state index contributed by atoms with van der Waals surface area (Å²) in [4.78, 5) is 0. The molecule has 2 rings (SSSR count). The summed E-state index contributed by atoms with van der Waals surface area (Å²) in [6.07, 6.45) is 3.86. The van der Waals surface area contributed by atoms with Crippen LogP contribution in [0.1, 0.15) is 31.7 Å². The van der Waals surface area contributed by atoms with Gasteiger partial charge in [-0.1, -0.05) is 37.3 Å². The number of ether oxygens (including phenoxy) is 2. The fourth-order valence-electron chi connectivity index (χ4n) is 2.16. The van der Waals surface area contributed by atoms with E-state index in [1.165, 1.54) is 5.56 Å². The molecule has 0 amide bonds. The van der Waals surface area contributed by atoms with Gasteiger partial charge in [-0.15, -0.1) is 0 Å². The van der Waals surface area contributed by atoms with Gasteiger partial charge in [-0.3, -0.25) is 0 Å². The van der Waals surface area contributed by atoms with Crippen LogP contribution in [0, 0.1) is 0 Å². The topological polar surface area (TPSA) is 18.5 Å². The van der Waals surface area contributed by atoms with Gasteiger partial charge >= 0.3 is 0 Å². The maximum Gasteiger partial charge on any atom is 0.0842 e. The number of rotatable bonds is 4. The summed E-state index contributed by atoms with van der Waals surface area (Å²) in [6, 6.07) is 10.3. The van der Waals surface area contributed by atoms with Gasteiger partial charge < -0.3 is 9.47 Å². The Morgan fingerprint density at radius 2 is 2.12 bits per heavy atom. The number of benzene rings is 1. The lowest BCUT2D eigenvalue weighted by Gasteiger charge is -2.31. The second-order valence-corrected chi connectivity index (χ2v) is 4.29. The normalized spacial score (nSPS) is 25.6. The highest BCUT2D eigenvalue weighted by atomic mass is 16.5. The second-order valence-electron chi connectivity index (χ2n) is 4.29. The van der Waals surface area contributed by atoms with Gasteiger partial charge in [0.15, 0.2) is 0 Å². The predicted octanol–water partition coefficient (Wildman–Crippen LogP) is 3.16. The van der Waals surface area contributed by atoms with Crippen LogP contribution >= 0.6 is 0 Å². The molecular formula is C14H20O2. The van der Waals surface area contributed by atoms with Crippen LogP contribution in [0.2, 0.25) is 0 Å². The van der Waals surface area contributed by atoms with Crippen LogP contribution in [-0.2, 0) is 16.1 Å². The molecule has 2 nitrogen and oxygen atoms in total. The third kappa shape index (κ3) is 3.06. The molecule has 0 N–H and O–H groups in total. The van der Waals surface area contributed by atoms with Crippen LogP contribution in [0.4, 0.5) is 0 Å². The van der Waals surface area contributed by atoms with Crippen molar-refractivity contribution in [1.29, 1.82) is 0 Å².